The Labute approximate surface area is 149 Å². The van der Waals surface area contributed by atoms with E-state index in [0.29, 0.717) is 6.42 Å². The molecule has 1 N–H and O–H groups in total. The van der Waals surface area contributed by atoms with Gasteiger partial charge in [-0.2, -0.15) is 0 Å². The van der Waals surface area contributed by atoms with E-state index >= 15 is 0 Å². The molecule has 0 saturated carbocycles. The summed E-state index contributed by atoms with van der Waals surface area (Å²) in [6.45, 7) is 3.49. The highest BCUT2D eigenvalue weighted by atomic mass is 32.2. The number of sulfonamides is 1. The monoisotopic (exact) mass is 385 g/mol. The summed E-state index contributed by atoms with van der Waals surface area (Å²) >= 11 is 0. The van der Waals surface area contributed by atoms with Crippen LogP contribution in [0.25, 0.3) is 0 Å². The van der Waals surface area contributed by atoms with Crippen LogP contribution < -0.4 is 4.72 Å². The molecule has 0 spiro atoms. The Morgan fingerprint density at radius 1 is 1.08 bits per heavy atom. The first-order valence-corrected chi connectivity index (χ1v) is 11.3. The first kappa shape index (κ1) is 19.7. The molecule has 1 atom stereocenters. The van der Waals surface area contributed by atoms with Crippen LogP contribution in [0.3, 0.4) is 0 Å². The van der Waals surface area contributed by atoms with E-state index in [2.05, 4.69) is 4.72 Å². The van der Waals surface area contributed by atoms with Crippen molar-refractivity contribution < 1.29 is 21.3 Å². The highest BCUT2D eigenvalue weighted by Crippen LogP contribution is 2.29. The summed E-state index contributed by atoms with van der Waals surface area (Å²) in [5.41, 5.74) is 0.939. The lowest BCUT2D eigenvalue weighted by atomic mass is 10.2. The van der Waals surface area contributed by atoms with Gasteiger partial charge in [-0.25, -0.2) is 21.6 Å². The highest BCUT2D eigenvalue weighted by Gasteiger charge is 2.32. The number of benzene rings is 1. The van der Waals surface area contributed by atoms with Crippen molar-refractivity contribution in [2.24, 2.45) is 0 Å². The van der Waals surface area contributed by atoms with Crippen LogP contribution in [0.5, 0.6) is 0 Å². The van der Waals surface area contributed by atoms with Crippen LogP contribution in [0.2, 0.25) is 0 Å². The van der Waals surface area contributed by atoms with Gasteiger partial charge in [0.25, 0.3) is 0 Å². The van der Waals surface area contributed by atoms with Crippen LogP contribution in [-0.4, -0.2) is 29.1 Å². The summed E-state index contributed by atoms with van der Waals surface area (Å²) in [6, 6.07) is 9.57. The second-order valence-electron chi connectivity index (χ2n) is 5.88. The Bertz CT molecular complexity index is 870. The summed E-state index contributed by atoms with van der Waals surface area (Å²) in [5, 5.41) is -1.12. The van der Waals surface area contributed by atoms with Gasteiger partial charge < -0.3 is 4.42 Å². The molecule has 25 heavy (non-hydrogen) atoms. The molecule has 1 heterocycles. The fourth-order valence-corrected chi connectivity index (χ4v) is 5.26. The van der Waals surface area contributed by atoms with Gasteiger partial charge >= 0.3 is 0 Å². The molecule has 138 valence electrons. The minimum atomic E-state index is -3.80. The zero-order valence-electron chi connectivity index (χ0n) is 14.3. The maximum Gasteiger partial charge on any atom is 0.211 e. The molecule has 0 radical (unpaired) electrons. The first-order valence-electron chi connectivity index (χ1n) is 8.07. The van der Waals surface area contributed by atoms with E-state index < -0.39 is 25.1 Å². The standard InChI is InChI=1S/C17H23NO5S2/c1-3-4-12-24(19,20)18-13-17(16-6-5-11-23-16)25(21,22)15-9-7-14(2)8-10-15/h5-11,17-18H,3-4,12-13H2,1-2H3. The molecular weight excluding hydrogens is 362 g/mol. The molecule has 0 aliphatic heterocycles. The second-order valence-corrected chi connectivity index (χ2v) is 9.94. The molecule has 0 aliphatic rings. The molecule has 0 aliphatic carbocycles. The minimum absolute atomic E-state index is 0.0288. The van der Waals surface area contributed by atoms with Crippen molar-refractivity contribution in [1.29, 1.82) is 0 Å². The first-order chi connectivity index (χ1) is 11.8. The number of hydrogen-bond donors (Lipinski definition) is 1. The Kier molecular flexibility index (Phi) is 6.42. The molecule has 0 fully saturated rings. The third-order valence-corrected chi connectivity index (χ3v) is 7.35. The molecule has 0 amide bonds. The average Bonchev–Trinajstić information content (AvgIpc) is 3.07. The molecule has 1 unspecified atom stereocenters. The third kappa shape index (κ3) is 5.17. The number of rotatable bonds is 9. The van der Waals surface area contributed by atoms with E-state index in [4.69, 9.17) is 4.42 Å². The number of nitrogens with one attached hydrogen (secondary N) is 1. The smallest absolute Gasteiger partial charge is 0.211 e. The maximum absolute atomic E-state index is 13.0. The van der Waals surface area contributed by atoms with Crippen LogP contribution in [0, 0.1) is 6.92 Å². The van der Waals surface area contributed by atoms with Gasteiger partial charge in [-0.3, -0.25) is 0 Å². The molecular formula is C17H23NO5S2. The van der Waals surface area contributed by atoms with Crippen molar-refractivity contribution in [3.05, 3.63) is 54.0 Å². The topological polar surface area (TPSA) is 93.4 Å². The summed E-state index contributed by atoms with van der Waals surface area (Å²) in [4.78, 5) is 0.132. The molecule has 8 heteroatoms. The molecule has 2 rings (SSSR count). The van der Waals surface area contributed by atoms with E-state index in [1.165, 1.54) is 24.5 Å². The predicted octanol–water partition coefficient (Wildman–Crippen LogP) is 2.82. The van der Waals surface area contributed by atoms with Crippen molar-refractivity contribution in [3.8, 4) is 0 Å². The molecule has 0 saturated heterocycles. The van der Waals surface area contributed by atoms with Gasteiger partial charge in [0.2, 0.25) is 10.0 Å². The quantitative estimate of drug-likeness (QED) is 0.716. The van der Waals surface area contributed by atoms with Crippen molar-refractivity contribution in [2.75, 3.05) is 12.3 Å². The number of unbranched alkanes of at least 4 members (excludes halogenated alkanes) is 1. The summed E-state index contributed by atoms with van der Waals surface area (Å²) in [5.74, 6) is 0.178. The van der Waals surface area contributed by atoms with Gasteiger partial charge in [-0.1, -0.05) is 31.0 Å². The van der Waals surface area contributed by atoms with Crippen LogP contribution in [0.15, 0.2) is 52.0 Å². The molecule has 1 aromatic carbocycles. The van der Waals surface area contributed by atoms with E-state index in [1.54, 1.807) is 18.2 Å². The lowest BCUT2D eigenvalue weighted by Crippen LogP contribution is -2.33. The highest BCUT2D eigenvalue weighted by molar-refractivity contribution is 7.92. The van der Waals surface area contributed by atoms with Gasteiger partial charge in [0.05, 0.1) is 16.9 Å². The van der Waals surface area contributed by atoms with Gasteiger partial charge in [0, 0.05) is 6.54 Å². The van der Waals surface area contributed by atoms with Crippen molar-refractivity contribution in [3.63, 3.8) is 0 Å². The number of sulfone groups is 1. The van der Waals surface area contributed by atoms with Gasteiger partial charge in [0.15, 0.2) is 9.84 Å². The Morgan fingerprint density at radius 2 is 1.76 bits per heavy atom. The van der Waals surface area contributed by atoms with Crippen LogP contribution in [-0.2, 0) is 19.9 Å². The zero-order chi connectivity index (χ0) is 18.5. The normalized spacial score (nSPS) is 13.7. The fraction of sp³-hybridized carbons (Fsp3) is 0.412. The number of hydrogen-bond acceptors (Lipinski definition) is 5. The van der Waals surface area contributed by atoms with E-state index in [0.717, 1.165) is 12.0 Å². The number of furan rings is 1. The minimum Gasteiger partial charge on any atom is -0.468 e. The van der Waals surface area contributed by atoms with E-state index in [1.807, 2.05) is 13.8 Å². The maximum atomic E-state index is 13.0. The van der Waals surface area contributed by atoms with Crippen LogP contribution in [0.1, 0.15) is 36.3 Å². The predicted molar refractivity (Wildman–Crippen MR) is 96.5 cm³/mol. The summed E-state index contributed by atoms with van der Waals surface area (Å²) < 4.78 is 57.7. The lowest BCUT2D eigenvalue weighted by Gasteiger charge is -2.17. The molecule has 6 nitrogen and oxygen atoms in total. The van der Waals surface area contributed by atoms with Crippen molar-refractivity contribution in [2.45, 2.75) is 36.8 Å². The third-order valence-electron chi connectivity index (χ3n) is 3.84. The molecule has 1 aromatic heterocycles. The SMILES string of the molecule is CCCCS(=O)(=O)NCC(c1ccco1)S(=O)(=O)c1ccc(C)cc1. The van der Waals surface area contributed by atoms with Gasteiger partial charge in [-0.05, 0) is 37.6 Å². The lowest BCUT2D eigenvalue weighted by molar-refractivity contribution is 0.486. The average molecular weight is 386 g/mol. The Hall–Kier alpha value is -1.64. The summed E-state index contributed by atoms with van der Waals surface area (Å²) in [7, 11) is -7.34. The Balaban J connectivity index is 2.29. The van der Waals surface area contributed by atoms with E-state index in [-0.39, 0.29) is 23.0 Å². The second kappa shape index (κ2) is 8.16. The van der Waals surface area contributed by atoms with Crippen LogP contribution in [0.4, 0.5) is 0 Å². The molecule has 0 bridgehead atoms. The number of aryl methyl sites for hydroxylation is 1. The largest absolute Gasteiger partial charge is 0.468 e. The summed E-state index contributed by atoms with van der Waals surface area (Å²) in [6.07, 6.45) is 2.63. The van der Waals surface area contributed by atoms with Gasteiger partial charge in [-0.15, -0.1) is 0 Å². The molecule has 2 aromatic rings. The zero-order valence-corrected chi connectivity index (χ0v) is 15.9. The van der Waals surface area contributed by atoms with Crippen LogP contribution >= 0.6 is 0 Å². The Morgan fingerprint density at radius 3 is 2.32 bits per heavy atom. The van der Waals surface area contributed by atoms with Crippen molar-refractivity contribution in [1.82, 2.24) is 4.72 Å². The van der Waals surface area contributed by atoms with E-state index in [9.17, 15) is 16.8 Å². The van der Waals surface area contributed by atoms with Gasteiger partial charge in [0.1, 0.15) is 11.0 Å². The van der Waals surface area contributed by atoms with Crippen molar-refractivity contribution >= 4 is 19.9 Å². The fourth-order valence-electron chi connectivity index (χ4n) is 2.34.